The normalized spacial score (nSPS) is 13.4. The van der Waals surface area contributed by atoms with Gasteiger partial charge in [-0.1, -0.05) is 6.92 Å². The first kappa shape index (κ1) is 17.1. The number of sulfonamides is 1. The fourth-order valence-corrected chi connectivity index (χ4v) is 4.30. The standard InChI is InChI=1S/C13H22N2O3S2/c1-5-19(16)7-6-15-20(17,18)13-10(3)9(2)8-12(14)11(13)4/h8,15H,5-7,14H2,1-4H3. The summed E-state index contributed by atoms with van der Waals surface area (Å²) in [5.41, 5.74) is 8.39. The van der Waals surface area contributed by atoms with Gasteiger partial charge in [-0.2, -0.15) is 0 Å². The third-order valence-electron chi connectivity index (χ3n) is 3.29. The number of aryl methyl sites for hydroxylation is 1. The molecule has 0 heterocycles. The van der Waals surface area contributed by atoms with Gasteiger partial charge in [0.1, 0.15) is 0 Å². The van der Waals surface area contributed by atoms with Gasteiger partial charge in [-0.25, -0.2) is 13.1 Å². The van der Waals surface area contributed by atoms with Gasteiger partial charge < -0.3 is 5.73 Å². The fourth-order valence-electron chi connectivity index (χ4n) is 1.95. The molecule has 0 saturated carbocycles. The predicted molar refractivity (Wildman–Crippen MR) is 83.8 cm³/mol. The van der Waals surface area contributed by atoms with Gasteiger partial charge in [0.25, 0.3) is 0 Å². The van der Waals surface area contributed by atoms with E-state index in [-0.39, 0.29) is 11.4 Å². The van der Waals surface area contributed by atoms with Crippen molar-refractivity contribution >= 4 is 26.5 Å². The van der Waals surface area contributed by atoms with Gasteiger partial charge in [0, 0.05) is 34.5 Å². The first-order chi connectivity index (χ1) is 9.20. The molecule has 0 fully saturated rings. The molecule has 20 heavy (non-hydrogen) atoms. The molecule has 0 radical (unpaired) electrons. The summed E-state index contributed by atoms with van der Waals surface area (Å²) in [7, 11) is -4.62. The minimum atomic E-state index is -3.63. The van der Waals surface area contributed by atoms with Crippen LogP contribution in [-0.2, 0) is 20.8 Å². The second-order valence-electron chi connectivity index (χ2n) is 4.69. The van der Waals surface area contributed by atoms with Crippen LogP contribution < -0.4 is 10.5 Å². The van der Waals surface area contributed by atoms with Crippen LogP contribution in [0, 0.1) is 20.8 Å². The minimum Gasteiger partial charge on any atom is -0.398 e. The van der Waals surface area contributed by atoms with Crippen molar-refractivity contribution in [2.24, 2.45) is 0 Å². The first-order valence-corrected chi connectivity index (χ1v) is 9.38. The number of hydrogen-bond donors (Lipinski definition) is 2. The highest BCUT2D eigenvalue weighted by Crippen LogP contribution is 2.27. The van der Waals surface area contributed by atoms with Crippen molar-refractivity contribution in [3.05, 3.63) is 22.8 Å². The van der Waals surface area contributed by atoms with Crippen molar-refractivity contribution in [1.82, 2.24) is 4.72 Å². The van der Waals surface area contributed by atoms with Gasteiger partial charge in [-0.05, 0) is 43.5 Å². The summed E-state index contributed by atoms with van der Waals surface area (Å²) >= 11 is 0. The summed E-state index contributed by atoms with van der Waals surface area (Å²) in [6.45, 7) is 7.26. The Morgan fingerprint density at radius 3 is 2.40 bits per heavy atom. The van der Waals surface area contributed by atoms with E-state index in [0.717, 1.165) is 5.56 Å². The molecule has 0 bridgehead atoms. The van der Waals surface area contributed by atoms with Crippen LogP contribution in [0.1, 0.15) is 23.6 Å². The van der Waals surface area contributed by atoms with Gasteiger partial charge in [-0.15, -0.1) is 0 Å². The smallest absolute Gasteiger partial charge is 0.241 e. The average Bonchev–Trinajstić information content (AvgIpc) is 2.36. The second-order valence-corrected chi connectivity index (χ2v) is 8.26. The topological polar surface area (TPSA) is 89.3 Å². The van der Waals surface area contributed by atoms with E-state index in [0.29, 0.717) is 28.3 Å². The van der Waals surface area contributed by atoms with Gasteiger partial charge in [0.15, 0.2) is 0 Å². The Hall–Kier alpha value is -0.920. The maximum Gasteiger partial charge on any atom is 0.241 e. The third kappa shape index (κ3) is 3.80. The number of rotatable bonds is 6. The monoisotopic (exact) mass is 318 g/mol. The molecule has 0 spiro atoms. The molecule has 0 aliphatic heterocycles. The summed E-state index contributed by atoms with van der Waals surface area (Å²) in [4.78, 5) is 0.234. The van der Waals surface area contributed by atoms with Gasteiger partial charge in [0.05, 0.1) is 4.90 Å². The zero-order chi connectivity index (χ0) is 15.5. The molecule has 0 aliphatic carbocycles. The van der Waals surface area contributed by atoms with Crippen LogP contribution in [0.25, 0.3) is 0 Å². The lowest BCUT2D eigenvalue weighted by atomic mass is 10.1. The Bertz CT molecular complexity index is 599. The van der Waals surface area contributed by atoms with Crippen molar-refractivity contribution in [3.8, 4) is 0 Å². The largest absolute Gasteiger partial charge is 0.398 e. The molecule has 1 atom stereocenters. The zero-order valence-electron chi connectivity index (χ0n) is 12.3. The first-order valence-electron chi connectivity index (χ1n) is 6.41. The molecular weight excluding hydrogens is 296 g/mol. The van der Waals surface area contributed by atoms with Gasteiger partial charge in [-0.3, -0.25) is 4.21 Å². The van der Waals surface area contributed by atoms with Crippen LogP contribution in [0.15, 0.2) is 11.0 Å². The number of benzene rings is 1. The summed E-state index contributed by atoms with van der Waals surface area (Å²) in [5, 5.41) is 0. The Balaban J connectivity index is 3.07. The van der Waals surface area contributed by atoms with Crippen molar-refractivity contribution in [2.75, 3.05) is 23.8 Å². The molecule has 0 amide bonds. The van der Waals surface area contributed by atoms with E-state index >= 15 is 0 Å². The minimum absolute atomic E-state index is 0.162. The maximum absolute atomic E-state index is 12.4. The average molecular weight is 318 g/mol. The Morgan fingerprint density at radius 1 is 1.25 bits per heavy atom. The molecule has 0 aliphatic rings. The van der Waals surface area contributed by atoms with Crippen LogP contribution in [0.4, 0.5) is 5.69 Å². The van der Waals surface area contributed by atoms with E-state index in [1.807, 2.05) is 6.92 Å². The molecule has 0 saturated heterocycles. The molecule has 3 N–H and O–H groups in total. The molecule has 1 aromatic carbocycles. The molecule has 0 aromatic heterocycles. The second kappa shape index (κ2) is 6.69. The van der Waals surface area contributed by atoms with Crippen LogP contribution in [0.5, 0.6) is 0 Å². The predicted octanol–water partition coefficient (Wildman–Crippen LogP) is 1.24. The Kier molecular flexibility index (Phi) is 5.73. The maximum atomic E-state index is 12.4. The van der Waals surface area contributed by atoms with Crippen molar-refractivity contribution in [3.63, 3.8) is 0 Å². The highest BCUT2D eigenvalue weighted by molar-refractivity contribution is 7.89. The quantitative estimate of drug-likeness (QED) is 0.772. The Morgan fingerprint density at radius 2 is 1.85 bits per heavy atom. The summed E-state index contributed by atoms with van der Waals surface area (Å²) in [6, 6.07) is 1.77. The highest BCUT2D eigenvalue weighted by atomic mass is 32.2. The molecule has 1 aromatic rings. The lowest BCUT2D eigenvalue weighted by Crippen LogP contribution is -2.29. The number of nitrogen functional groups attached to an aromatic ring is 1. The molecule has 114 valence electrons. The van der Waals surface area contributed by atoms with Crippen LogP contribution in [0.2, 0.25) is 0 Å². The number of nitrogens with one attached hydrogen (secondary N) is 1. The van der Waals surface area contributed by atoms with Crippen molar-refractivity contribution in [2.45, 2.75) is 32.6 Å². The third-order valence-corrected chi connectivity index (χ3v) is 6.33. The van der Waals surface area contributed by atoms with Gasteiger partial charge in [0.2, 0.25) is 10.0 Å². The van der Waals surface area contributed by atoms with Crippen molar-refractivity contribution in [1.29, 1.82) is 0 Å². The molecule has 1 unspecified atom stereocenters. The number of hydrogen-bond acceptors (Lipinski definition) is 4. The SMILES string of the molecule is CCS(=O)CCNS(=O)(=O)c1c(C)c(C)cc(N)c1C. The fraction of sp³-hybridized carbons (Fsp3) is 0.538. The van der Waals surface area contributed by atoms with E-state index in [9.17, 15) is 12.6 Å². The van der Waals surface area contributed by atoms with E-state index in [4.69, 9.17) is 5.73 Å². The van der Waals surface area contributed by atoms with E-state index < -0.39 is 20.8 Å². The van der Waals surface area contributed by atoms with E-state index in [2.05, 4.69) is 4.72 Å². The van der Waals surface area contributed by atoms with Crippen LogP contribution >= 0.6 is 0 Å². The molecule has 7 heteroatoms. The summed E-state index contributed by atoms with van der Waals surface area (Å²) in [5.74, 6) is 0.840. The van der Waals surface area contributed by atoms with Crippen LogP contribution in [0.3, 0.4) is 0 Å². The van der Waals surface area contributed by atoms with E-state index in [1.54, 1.807) is 26.8 Å². The highest BCUT2D eigenvalue weighted by Gasteiger charge is 2.22. The lowest BCUT2D eigenvalue weighted by Gasteiger charge is -2.15. The molecule has 5 nitrogen and oxygen atoms in total. The van der Waals surface area contributed by atoms with E-state index in [1.165, 1.54) is 0 Å². The van der Waals surface area contributed by atoms with Gasteiger partial charge >= 0.3 is 0 Å². The molecular formula is C13H22N2O3S2. The summed E-state index contributed by atoms with van der Waals surface area (Å²) < 4.78 is 38.6. The lowest BCUT2D eigenvalue weighted by molar-refractivity contribution is 0.582. The van der Waals surface area contributed by atoms with Crippen molar-refractivity contribution < 1.29 is 12.6 Å². The number of anilines is 1. The Labute approximate surface area is 123 Å². The summed E-state index contributed by atoms with van der Waals surface area (Å²) in [6.07, 6.45) is 0. The van der Waals surface area contributed by atoms with Crippen LogP contribution in [-0.4, -0.2) is 30.7 Å². The molecule has 1 rings (SSSR count). The zero-order valence-corrected chi connectivity index (χ0v) is 14.0. The number of nitrogens with two attached hydrogens (primary N) is 1.